The van der Waals surface area contributed by atoms with Crippen LogP contribution in [0, 0.1) is 0 Å². The minimum absolute atomic E-state index is 0.161. The van der Waals surface area contributed by atoms with Crippen LogP contribution in [0.2, 0.25) is 0 Å². The molecule has 4 nitrogen and oxygen atoms in total. The fourth-order valence-corrected chi connectivity index (χ4v) is 3.51. The molecule has 0 aromatic heterocycles. The summed E-state index contributed by atoms with van der Waals surface area (Å²) in [6, 6.07) is 0.444. The van der Waals surface area contributed by atoms with Crippen molar-refractivity contribution >= 4 is 10.1 Å². The van der Waals surface area contributed by atoms with Gasteiger partial charge >= 0.3 is 0 Å². The lowest BCUT2D eigenvalue weighted by molar-refractivity contribution is 0.219. The van der Waals surface area contributed by atoms with E-state index in [1.165, 1.54) is 64.2 Å². The van der Waals surface area contributed by atoms with Crippen LogP contribution in [0.5, 0.6) is 0 Å². The summed E-state index contributed by atoms with van der Waals surface area (Å²) in [6.07, 6.45) is 15.0. The topological polar surface area (TPSA) is 57.6 Å². The van der Waals surface area contributed by atoms with E-state index in [4.69, 9.17) is 4.55 Å². The average molecular weight is 350 g/mol. The molecule has 0 atom stereocenters. The fourth-order valence-electron chi connectivity index (χ4n) is 2.99. The van der Waals surface area contributed by atoms with Crippen molar-refractivity contribution in [3.63, 3.8) is 0 Å². The lowest BCUT2D eigenvalue weighted by Crippen LogP contribution is -2.35. The Kier molecular flexibility index (Phi) is 14.2. The highest BCUT2D eigenvalue weighted by molar-refractivity contribution is 7.85. The molecular weight excluding hydrogens is 310 g/mol. The molecule has 23 heavy (non-hydrogen) atoms. The van der Waals surface area contributed by atoms with Gasteiger partial charge in [-0.15, -0.1) is 0 Å². The predicted octanol–water partition coefficient (Wildman–Crippen LogP) is 4.90. The zero-order chi connectivity index (χ0) is 17.6. The van der Waals surface area contributed by atoms with Crippen LogP contribution in [-0.4, -0.2) is 43.3 Å². The first-order valence-corrected chi connectivity index (χ1v) is 11.2. The number of unbranched alkanes of at least 4 members (excludes halogenated alkanes) is 8. The first kappa shape index (κ1) is 22.9. The third-order valence-corrected chi connectivity index (χ3v) is 5.31. The van der Waals surface area contributed by atoms with E-state index < -0.39 is 10.1 Å². The van der Waals surface area contributed by atoms with E-state index in [2.05, 4.69) is 18.7 Å². The van der Waals surface area contributed by atoms with Gasteiger partial charge < -0.3 is 4.90 Å². The van der Waals surface area contributed by atoms with Gasteiger partial charge in [-0.25, -0.2) is 0 Å². The molecule has 140 valence electrons. The van der Waals surface area contributed by atoms with Crippen LogP contribution >= 0.6 is 0 Å². The van der Waals surface area contributed by atoms with E-state index in [1.54, 1.807) is 0 Å². The number of rotatable bonds is 16. The van der Waals surface area contributed by atoms with Crippen LogP contribution in [0.25, 0.3) is 0 Å². The summed E-state index contributed by atoms with van der Waals surface area (Å²) in [5, 5.41) is 0. The Morgan fingerprint density at radius 2 is 1.26 bits per heavy atom. The highest BCUT2D eigenvalue weighted by Crippen LogP contribution is 2.17. The fraction of sp³-hybridized carbons (Fsp3) is 1.00. The van der Waals surface area contributed by atoms with Crippen LogP contribution in [0.4, 0.5) is 0 Å². The van der Waals surface area contributed by atoms with Crippen LogP contribution in [0.15, 0.2) is 0 Å². The van der Waals surface area contributed by atoms with E-state index in [-0.39, 0.29) is 5.75 Å². The maximum absolute atomic E-state index is 11.0. The van der Waals surface area contributed by atoms with Crippen LogP contribution in [0.3, 0.4) is 0 Å². The van der Waals surface area contributed by atoms with E-state index in [1.807, 2.05) is 7.05 Å². The van der Waals surface area contributed by atoms with Crippen LogP contribution < -0.4 is 0 Å². The zero-order valence-corrected chi connectivity index (χ0v) is 16.4. The summed E-state index contributed by atoms with van der Waals surface area (Å²) in [5.41, 5.74) is 0. The molecule has 0 saturated heterocycles. The molecule has 0 aliphatic rings. The van der Waals surface area contributed by atoms with E-state index in [0.717, 1.165) is 12.8 Å². The van der Waals surface area contributed by atoms with Gasteiger partial charge in [-0.05, 0) is 19.9 Å². The molecule has 0 aliphatic heterocycles. The summed E-state index contributed by atoms with van der Waals surface area (Å²) in [4.78, 5) is 2.13. The largest absolute Gasteiger partial charge is 0.302 e. The molecule has 0 bridgehead atoms. The van der Waals surface area contributed by atoms with Crippen LogP contribution in [-0.2, 0) is 10.1 Å². The average Bonchev–Trinajstić information content (AvgIpc) is 2.49. The first-order valence-electron chi connectivity index (χ1n) is 9.56. The standard InChI is InChI=1S/C18H39NO3S/c1-4-6-8-10-12-14-18(15-13-11-9-7-5-2)19(3)16-17-23(20,21)22/h18H,4-17H2,1-3H3,(H,20,21,22). The second kappa shape index (κ2) is 14.2. The lowest BCUT2D eigenvalue weighted by Gasteiger charge is -2.28. The summed E-state index contributed by atoms with van der Waals surface area (Å²) < 4.78 is 30.8. The molecular formula is C18H39NO3S. The Morgan fingerprint density at radius 1 is 0.826 bits per heavy atom. The van der Waals surface area contributed by atoms with Crippen LogP contribution in [0.1, 0.15) is 90.9 Å². The van der Waals surface area contributed by atoms with Crippen molar-refractivity contribution in [1.29, 1.82) is 0 Å². The Balaban J connectivity index is 4.17. The second-order valence-electron chi connectivity index (χ2n) is 6.83. The molecule has 0 spiro atoms. The molecule has 0 aromatic rings. The van der Waals surface area contributed by atoms with E-state index >= 15 is 0 Å². The lowest BCUT2D eigenvalue weighted by atomic mass is 9.99. The molecule has 0 amide bonds. The Morgan fingerprint density at radius 3 is 1.65 bits per heavy atom. The minimum Gasteiger partial charge on any atom is -0.302 e. The number of nitrogens with zero attached hydrogens (tertiary/aromatic N) is 1. The van der Waals surface area contributed by atoms with Gasteiger partial charge in [-0.2, -0.15) is 8.42 Å². The van der Waals surface area contributed by atoms with Gasteiger partial charge in [0.05, 0.1) is 5.75 Å². The van der Waals surface area contributed by atoms with Crippen molar-refractivity contribution in [1.82, 2.24) is 4.90 Å². The Labute approximate surface area is 144 Å². The maximum Gasteiger partial charge on any atom is 0.266 e. The summed E-state index contributed by atoms with van der Waals surface area (Å²) in [5.74, 6) is -0.161. The molecule has 5 heteroatoms. The van der Waals surface area contributed by atoms with Crippen molar-refractivity contribution in [2.45, 2.75) is 96.9 Å². The maximum atomic E-state index is 11.0. The van der Waals surface area contributed by atoms with Gasteiger partial charge in [-0.1, -0.05) is 78.1 Å². The molecule has 0 rings (SSSR count). The summed E-state index contributed by atoms with van der Waals surface area (Å²) in [6.45, 7) is 4.87. The van der Waals surface area contributed by atoms with Crippen molar-refractivity contribution in [2.24, 2.45) is 0 Å². The molecule has 0 saturated carbocycles. The monoisotopic (exact) mass is 349 g/mol. The van der Waals surface area contributed by atoms with Gasteiger partial charge in [0.2, 0.25) is 0 Å². The van der Waals surface area contributed by atoms with Gasteiger partial charge in [-0.3, -0.25) is 4.55 Å². The smallest absolute Gasteiger partial charge is 0.266 e. The number of hydrogen-bond donors (Lipinski definition) is 1. The SMILES string of the molecule is CCCCCCCC(CCCCCCC)N(C)CCS(=O)(=O)O. The Bertz CT molecular complexity index is 343. The van der Waals surface area contributed by atoms with Gasteiger partial charge in [0.15, 0.2) is 0 Å². The quantitative estimate of drug-likeness (QED) is 0.318. The Hall–Kier alpha value is -0.130. The molecule has 0 radical (unpaired) electrons. The molecule has 0 fully saturated rings. The van der Waals surface area contributed by atoms with Crippen molar-refractivity contribution in [3.8, 4) is 0 Å². The van der Waals surface area contributed by atoms with E-state index in [0.29, 0.717) is 12.6 Å². The third kappa shape index (κ3) is 15.2. The third-order valence-electron chi connectivity index (χ3n) is 4.61. The molecule has 0 unspecified atom stereocenters. The van der Waals surface area contributed by atoms with Gasteiger partial charge in [0, 0.05) is 12.6 Å². The van der Waals surface area contributed by atoms with E-state index in [9.17, 15) is 8.42 Å². The van der Waals surface area contributed by atoms with Crippen molar-refractivity contribution < 1.29 is 13.0 Å². The van der Waals surface area contributed by atoms with Gasteiger partial charge in [0.1, 0.15) is 0 Å². The molecule has 1 N–H and O–H groups in total. The summed E-state index contributed by atoms with van der Waals surface area (Å²) in [7, 11) is -1.87. The first-order chi connectivity index (χ1) is 10.9. The predicted molar refractivity (Wildman–Crippen MR) is 99.6 cm³/mol. The molecule has 0 aliphatic carbocycles. The second-order valence-corrected chi connectivity index (χ2v) is 8.40. The normalized spacial score (nSPS) is 12.4. The molecule has 0 aromatic carbocycles. The molecule has 0 heterocycles. The van der Waals surface area contributed by atoms with Crippen molar-refractivity contribution in [2.75, 3.05) is 19.3 Å². The highest BCUT2D eigenvalue weighted by atomic mass is 32.2. The number of hydrogen-bond acceptors (Lipinski definition) is 3. The van der Waals surface area contributed by atoms with Crippen molar-refractivity contribution in [3.05, 3.63) is 0 Å². The highest BCUT2D eigenvalue weighted by Gasteiger charge is 2.16. The zero-order valence-electron chi connectivity index (χ0n) is 15.6. The summed E-state index contributed by atoms with van der Waals surface area (Å²) >= 11 is 0. The minimum atomic E-state index is -3.86. The van der Waals surface area contributed by atoms with Gasteiger partial charge in [0.25, 0.3) is 10.1 Å².